The van der Waals surface area contributed by atoms with Crippen molar-refractivity contribution in [3.05, 3.63) is 36.2 Å². The highest BCUT2D eigenvalue weighted by Gasteiger charge is 2.30. The van der Waals surface area contributed by atoms with Gasteiger partial charge in [0, 0.05) is 24.2 Å². The maximum Gasteiger partial charge on any atom is 0.416 e. The maximum absolute atomic E-state index is 12.8. The van der Waals surface area contributed by atoms with Crippen LogP contribution in [0.25, 0.3) is 22.2 Å². The summed E-state index contributed by atoms with van der Waals surface area (Å²) in [6.45, 7) is 0. The van der Waals surface area contributed by atoms with E-state index in [-0.39, 0.29) is 11.5 Å². The lowest BCUT2D eigenvalue weighted by atomic mass is 10.1. The summed E-state index contributed by atoms with van der Waals surface area (Å²) in [5.41, 5.74) is 6.09. The molecule has 108 valence electrons. The van der Waals surface area contributed by atoms with Crippen molar-refractivity contribution in [3.8, 4) is 11.3 Å². The minimum absolute atomic E-state index is 0.0827. The molecule has 0 radical (unpaired) electrons. The second kappa shape index (κ2) is 4.44. The third-order valence-electron chi connectivity index (χ3n) is 3.02. The molecule has 0 unspecified atom stereocenters. The van der Waals surface area contributed by atoms with Crippen LogP contribution in [-0.4, -0.2) is 19.7 Å². The number of alkyl halides is 3. The summed E-state index contributed by atoms with van der Waals surface area (Å²) >= 11 is 0. The lowest BCUT2D eigenvalue weighted by Crippen LogP contribution is -2.05. The Hall–Kier alpha value is -2.64. The summed E-state index contributed by atoms with van der Waals surface area (Å²) in [5.74, 6) is -0.0827. The van der Waals surface area contributed by atoms with E-state index in [2.05, 4.69) is 15.1 Å². The lowest BCUT2D eigenvalue weighted by Gasteiger charge is -2.09. The third-order valence-corrected chi connectivity index (χ3v) is 3.02. The van der Waals surface area contributed by atoms with Crippen LogP contribution in [0.2, 0.25) is 0 Å². The van der Waals surface area contributed by atoms with Crippen LogP contribution in [0.1, 0.15) is 5.56 Å². The van der Waals surface area contributed by atoms with Crippen molar-refractivity contribution < 1.29 is 13.2 Å². The van der Waals surface area contributed by atoms with E-state index in [1.807, 2.05) is 0 Å². The van der Waals surface area contributed by atoms with Gasteiger partial charge in [-0.25, -0.2) is 9.97 Å². The van der Waals surface area contributed by atoms with E-state index in [0.717, 1.165) is 12.1 Å². The smallest absolute Gasteiger partial charge is 0.368 e. The van der Waals surface area contributed by atoms with Crippen LogP contribution in [0.15, 0.2) is 30.6 Å². The SMILES string of the molecule is Cn1cc(-c2nc(N)nc3cc(C(F)(F)F)ccc23)cn1. The summed E-state index contributed by atoms with van der Waals surface area (Å²) < 4.78 is 39.8. The molecule has 2 N–H and O–H groups in total. The van der Waals surface area contributed by atoms with Gasteiger partial charge in [-0.05, 0) is 12.1 Å². The molecule has 0 atom stereocenters. The first-order chi connectivity index (χ1) is 9.84. The molecule has 0 fully saturated rings. The third kappa shape index (κ3) is 2.39. The largest absolute Gasteiger partial charge is 0.416 e. The van der Waals surface area contributed by atoms with Crippen LogP contribution in [0, 0.1) is 0 Å². The van der Waals surface area contributed by atoms with Crippen molar-refractivity contribution in [2.45, 2.75) is 6.18 Å². The zero-order valence-electron chi connectivity index (χ0n) is 10.9. The molecule has 3 aromatic rings. The van der Waals surface area contributed by atoms with Crippen molar-refractivity contribution in [2.24, 2.45) is 7.05 Å². The van der Waals surface area contributed by atoms with Crippen molar-refractivity contribution in [1.29, 1.82) is 0 Å². The fourth-order valence-corrected chi connectivity index (χ4v) is 2.09. The second-order valence-corrected chi connectivity index (χ2v) is 4.56. The minimum atomic E-state index is -4.43. The number of hydrogen-bond donors (Lipinski definition) is 1. The summed E-state index contributed by atoms with van der Waals surface area (Å²) in [7, 11) is 1.73. The minimum Gasteiger partial charge on any atom is -0.368 e. The van der Waals surface area contributed by atoms with E-state index in [1.54, 1.807) is 24.1 Å². The van der Waals surface area contributed by atoms with Crippen molar-refractivity contribution in [1.82, 2.24) is 19.7 Å². The summed E-state index contributed by atoms with van der Waals surface area (Å²) in [4.78, 5) is 7.99. The number of fused-ring (bicyclic) bond motifs is 1. The first kappa shape index (κ1) is 13.3. The van der Waals surface area contributed by atoms with E-state index in [1.165, 1.54) is 6.07 Å². The topological polar surface area (TPSA) is 69.6 Å². The number of benzene rings is 1. The van der Waals surface area contributed by atoms with Gasteiger partial charge in [-0.1, -0.05) is 6.07 Å². The van der Waals surface area contributed by atoms with Gasteiger partial charge in [0.25, 0.3) is 0 Å². The molecule has 0 saturated carbocycles. The molecule has 8 heteroatoms. The van der Waals surface area contributed by atoms with Gasteiger partial charge in [-0.2, -0.15) is 18.3 Å². The molecule has 0 aliphatic heterocycles. The second-order valence-electron chi connectivity index (χ2n) is 4.56. The molecule has 1 aromatic carbocycles. The summed E-state index contributed by atoms with van der Waals surface area (Å²) in [5, 5.41) is 4.51. The monoisotopic (exact) mass is 293 g/mol. The predicted octanol–water partition coefficient (Wildman–Crippen LogP) is 2.63. The van der Waals surface area contributed by atoms with E-state index in [4.69, 9.17) is 5.73 Å². The number of nitrogens with zero attached hydrogens (tertiary/aromatic N) is 4. The molecule has 2 heterocycles. The van der Waals surface area contributed by atoms with Crippen LogP contribution in [0.3, 0.4) is 0 Å². The number of nitrogen functional groups attached to an aromatic ring is 1. The van der Waals surface area contributed by atoms with E-state index in [9.17, 15) is 13.2 Å². The molecular weight excluding hydrogens is 283 g/mol. The highest BCUT2D eigenvalue weighted by atomic mass is 19.4. The normalized spacial score (nSPS) is 12.0. The van der Waals surface area contributed by atoms with Gasteiger partial charge in [0.05, 0.1) is 23.0 Å². The molecule has 21 heavy (non-hydrogen) atoms. The molecule has 3 rings (SSSR count). The van der Waals surface area contributed by atoms with Crippen LogP contribution in [0.4, 0.5) is 19.1 Å². The van der Waals surface area contributed by atoms with Crippen LogP contribution in [0.5, 0.6) is 0 Å². The van der Waals surface area contributed by atoms with Gasteiger partial charge >= 0.3 is 6.18 Å². The number of anilines is 1. The van der Waals surface area contributed by atoms with Gasteiger partial charge in [0.1, 0.15) is 0 Å². The zero-order chi connectivity index (χ0) is 15.2. The van der Waals surface area contributed by atoms with Crippen LogP contribution < -0.4 is 5.73 Å². The van der Waals surface area contributed by atoms with Crippen molar-refractivity contribution in [2.75, 3.05) is 5.73 Å². The van der Waals surface area contributed by atoms with Gasteiger partial charge in [-0.15, -0.1) is 0 Å². The molecular formula is C13H10F3N5. The van der Waals surface area contributed by atoms with Crippen LogP contribution >= 0.6 is 0 Å². The van der Waals surface area contributed by atoms with Gasteiger partial charge in [0.2, 0.25) is 5.95 Å². The van der Waals surface area contributed by atoms with Crippen LogP contribution in [-0.2, 0) is 13.2 Å². The molecule has 0 aliphatic carbocycles. The highest BCUT2D eigenvalue weighted by molar-refractivity contribution is 5.93. The Morgan fingerprint density at radius 1 is 1.19 bits per heavy atom. The molecule has 0 bridgehead atoms. The fourth-order valence-electron chi connectivity index (χ4n) is 2.09. The van der Waals surface area contributed by atoms with E-state index in [0.29, 0.717) is 16.6 Å². The fraction of sp³-hybridized carbons (Fsp3) is 0.154. The number of nitrogens with two attached hydrogens (primary N) is 1. The average molecular weight is 293 g/mol. The van der Waals surface area contributed by atoms with Gasteiger partial charge in [-0.3, -0.25) is 4.68 Å². The number of rotatable bonds is 1. The molecule has 0 spiro atoms. The highest BCUT2D eigenvalue weighted by Crippen LogP contribution is 2.33. The van der Waals surface area contributed by atoms with Crippen molar-refractivity contribution >= 4 is 16.9 Å². The lowest BCUT2D eigenvalue weighted by molar-refractivity contribution is -0.137. The summed E-state index contributed by atoms with van der Waals surface area (Å²) in [6.07, 6.45) is -1.15. The predicted molar refractivity (Wildman–Crippen MR) is 71.2 cm³/mol. The standard InChI is InChI=1S/C13H10F3N5/c1-21-6-7(5-18-21)11-9-3-2-8(13(14,15)16)4-10(9)19-12(17)20-11/h2-6H,1H3,(H2,17,19,20). The Morgan fingerprint density at radius 3 is 2.57 bits per heavy atom. The number of halogens is 3. The van der Waals surface area contributed by atoms with E-state index < -0.39 is 11.7 Å². The first-order valence-corrected chi connectivity index (χ1v) is 5.98. The van der Waals surface area contributed by atoms with Gasteiger partial charge < -0.3 is 5.73 Å². The Kier molecular flexibility index (Phi) is 2.82. The molecule has 2 aromatic heterocycles. The molecule has 0 saturated heterocycles. The Morgan fingerprint density at radius 2 is 1.95 bits per heavy atom. The van der Waals surface area contributed by atoms with Gasteiger partial charge in [0.15, 0.2) is 0 Å². The molecule has 5 nitrogen and oxygen atoms in total. The Bertz CT molecular complexity index is 822. The summed E-state index contributed by atoms with van der Waals surface area (Å²) in [6, 6.07) is 3.31. The first-order valence-electron chi connectivity index (χ1n) is 5.98. The Labute approximate surface area is 117 Å². The van der Waals surface area contributed by atoms with Crippen molar-refractivity contribution in [3.63, 3.8) is 0 Å². The Balaban J connectivity index is 2.27. The average Bonchev–Trinajstić information content (AvgIpc) is 2.82. The molecule has 0 aliphatic rings. The maximum atomic E-state index is 12.8. The number of hydrogen-bond acceptors (Lipinski definition) is 4. The number of aromatic nitrogens is 4. The quantitative estimate of drug-likeness (QED) is 0.748. The van der Waals surface area contributed by atoms with E-state index >= 15 is 0 Å². The number of aryl methyl sites for hydroxylation is 1. The zero-order valence-corrected chi connectivity index (χ0v) is 10.9. The molecule has 0 amide bonds.